The van der Waals surface area contributed by atoms with Crippen LogP contribution >= 0.6 is 15.9 Å². The van der Waals surface area contributed by atoms with E-state index in [0.717, 1.165) is 23.4 Å². The number of pyridine rings is 1. The van der Waals surface area contributed by atoms with Crippen LogP contribution in [0.5, 0.6) is 0 Å². The molecule has 1 aromatic rings. The van der Waals surface area contributed by atoms with E-state index in [2.05, 4.69) is 45.3 Å². The second-order valence-electron chi connectivity index (χ2n) is 5.71. The summed E-state index contributed by atoms with van der Waals surface area (Å²) < 4.78 is 1.06. The third kappa shape index (κ3) is 5.23. The van der Waals surface area contributed by atoms with Crippen LogP contribution in [0.4, 0.5) is 0 Å². The van der Waals surface area contributed by atoms with E-state index in [1.54, 1.807) is 0 Å². The van der Waals surface area contributed by atoms with Crippen LogP contribution in [-0.4, -0.2) is 17.6 Å². The molecule has 0 aliphatic heterocycles. The van der Waals surface area contributed by atoms with Gasteiger partial charge in [-0.25, -0.2) is 0 Å². The van der Waals surface area contributed by atoms with Crippen molar-refractivity contribution in [2.75, 3.05) is 6.54 Å². The minimum absolute atomic E-state index is 0.594. The normalized spacial score (nSPS) is 17.8. The summed E-state index contributed by atoms with van der Waals surface area (Å²) in [5.41, 5.74) is 1.20. The average Bonchev–Trinajstić information content (AvgIpc) is 2.91. The number of nitrogens with one attached hydrogen (secondary N) is 1. The number of rotatable bonds is 7. The van der Waals surface area contributed by atoms with E-state index in [0.29, 0.717) is 6.04 Å². The molecule has 1 saturated carbocycles. The van der Waals surface area contributed by atoms with Crippen LogP contribution in [0.15, 0.2) is 22.8 Å². The Morgan fingerprint density at radius 2 is 2.16 bits per heavy atom. The van der Waals surface area contributed by atoms with Crippen molar-refractivity contribution >= 4 is 15.9 Å². The lowest BCUT2D eigenvalue weighted by molar-refractivity contribution is 0.383. The van der Waals surface area contributed by atoms with E-state index in [-0.39, 0.29) is 0 Å². The molecule has 0 saturated heterocycles. The van der Waals surface area contributed by atoms with Gasteiger partial charge in [0.2, 0.25) is 0 Å². The lowest BCUT2D eigenvalue weighted by atomic mass is 9.95. The molecule has 0 radical (unpaired) electrons. The first-order valence-electron chi connectivity index (χ1n) is 7.61. The van der Waals surface area contributed by atoms with Gasteiger partial charge in [0, 0.05) is 28.8 Å². The smallest absolute Gasteiger partial charge is 0.0419 e. The Bertz CT molecular complexity index is 358. The topological polar surface area (TPSA) is 24.9 Å². The molecule has 0 spiro atoms. The zero-order chi connectivity index (χ0) is 13.5. The third-order valence-electron chi connectivity index (χ3n) is 4.02. The second-order valence-corrected chi connectivity index (χ2v) is 6.62. The predicted octanol–water partition coefficient (Wildman–Crippen LogP) is 4.34. The highest BCUT2D eigenvalue weighted by Gasteiger charge is 2.20. The fourth-order valence-electron chi connectivity index (χ4n) is 3.02. The maximum absolute atomic E-state index is 4.51. The van der Waals surface area contributed by atoms with Crippen molar-refractivity contribution in [1.82, 2.24) is 10.3 Å². The Hall–Kier alpha value is -0.410. The van der Waals surface area contributed by atoms with Crippen molar-refractivity contribution in [2.45, 2.75) is 57.9 Å². The minimum atomic E-state index is 0.594. The lowest BCUT2D eigenvalue weighted by Crippen LogP contribution is -2.33. The van der Waals surface area contributed by atoms with Gasteiger partial charge in [0.1, 0.15) is 0 Å². The standard InChI is InChI=1S/C16H25BrN2/c1-2-9-18-16(10-13-5-3-4-6-13)11-15-8-7-14(17)12-19-15/h7-8,12-13,16,18H,2-6,9-11H2,1H3. The first-order valence-corrected chi connectivity index (χ1v) is 8.41. The van der Waals surface area contributed by atoms with Gasteiger partial charge in [-0.2, -0.15) is 0 Å². The summed E-state index contributed by atoms with van der Waals surface area (Å²) in [5.74, 6) is 0.935. The van der Waals surface area contributed by atoms with Gasteiger partial charge in [-0.1, -0.05) is 32.6 Å². The van der Waals surface area contributed by atoms with Gasteiger partial charge in [0.05, 0.1) is 0 Å². The number of hydrogen-bond acceptors (Lipinski definition) is 2. The third-order valence-corrected chi connectivity index (χ3v) is 4.49. The van der Waals surface area contributed by atoms with Crippen molar-refractivity contribution < 1.29 is 0 Å². The fourth-order valence-corrected chi connectivity index (χ4v) is 3.25. The van der Waals surface area contributed by atoms with Gasteiger partial charge >= 0.3 is 0 Å². The van der Waals surface area contributed by atoms with Crippen molar-refractivity contribution in [3.05, 3.63) is 28.5 Å². The van der Waals surface area contributed by atoms with E-state index in [1.165, 1.54) is 44.2 Å². The summed E-state index contributed by atoms with van der Waals surface area (Å²) in [6.07, 6.45) is 11.2. The molecule has 19 heavy (non-hydrogen) atoms. The lowest BCUT2D eigenvalue weighted by Gasteiger charge is -2.21. The molecule has 1 aliphatic rings. The SMILES string of the molecule is CCCNC(Cc1ccc(Br)cn1)CC1CCCC1. The molecule has 1 atom stereocenters. The second kappa shape index (κ2) is 8.01. The monoisotopic (exact) mass is 324 g/mol. The number of nitrogens with zero attached hydrogens (tertiary/aromatic N) is 1. The van der Waals surface area contributed by atoms with Gasteiger partial charge < -0.3 is 5.32 Å². The highest BCUT2D eigenvalue weighted by atomic mass is 79.9. The summed E-state index contributed by atoms with van der Waals surface area (Å²) in [6.45, 7) is 3.35. The van der Waals surface area contributed by atoms with Gasteiger partial charge in [0.15, 0.2) is 0 Å². The summed E-state index contributed by atoms with van der Waals surface area (Å²) in [7, 11) is 0. The molecular formula is C16H25BrN2. The van der Waals surface area contributed by atoms with E-state index in [9.17, 15) is 0 Å². The Morgan fingerprint density at radius 1 is 1.37 bits per heavy atom. The van der Waals surface area contributed by atoms with Crippen LogP contribution in [0.1, 0.15) is 51.1 Å². The van der Waals surface area contributed by atoms with Gasteiger partial charge in [0.25, 0.3) is 0 Å². The summed E-state index contributed by atoms with van der Waals surface area (Å²) in [6, 6.07) is 4.82. The van der Waals surface area contributed by atoms with E-state index >= 15 is 0 Å². The molecule has 1 N–H and O–H groups in total. The summed E-state index contributed by atoms with van der Waals surface area (Å²) in [5, 5.41) is 3.71. The molecule has 106 valence electrons. The van der Waals surface area contributed by atoms with Crippen molar-refractivity contribution in [1.29, 1.82) is 0 Å². The number of hydrogen-bond donors (Lipinski definition) is 1. The Labute approximate surface area is 125 Å². The molecule has 1 fully saturated rings. The molecule has 1 heterocycles. The Kier molecular flexibility index (Phi) is 6.32. The molecular weight excluding hydrogens is 300 g/mol. The highest BCUT2D eigenvalue weighted by Crippen LogP contribution is 2.29. The summed E-state index contributed by atoms with van der Waals surface area (Å²) >= 11 is 3.45. The Morgan fingerprint density at radius 3 is 2.79 bits per heavy atom. The molecule has 1 unspecified atom stereocenters. The molecule has 1 aliphatic carbocycles. The van der Waals surface area contributed by atoms with Gasteiger partial charge in [-0.15, -0.1) is 0 Å². The first kappa shape index (κ1) is 15.0. The molecule has 1 aromatic heterocycles. The van der Waals surface area contributed by atoms with Crippen molar-refractivity contribution in [3.63, 3.8) is 0 Å². The molecule has 0 bridgehead atoms. The first-order chi connectivity index (χ1) is 9.28. The number of halogens is 1. The van der Waals surface area contributed by atoms with E-state index in [4.69, 9.17) is 0 Å². The van der Waals surface area contributed by atoms with Crippen LogP contribution < -0.4 is 5.32 Å². The van der Waals surface area contributed by atoms with Crippen molar-refractivity contribution in [2.24, 2.45) is 5.92 Å². The van der Waals surface area contributed by atoms with Crippen LogP contribution in [-0.2, 0) is 6.42 Å². The largest absolute Gasteiger partial charge is 0.314 e. The molecule has 2 nitrogen and oxygen atoms in total. The van der Waals surface area contributed by atoms with Crippen LogP contribution in [0.3, 0.4) is 0 Å². The van der Waals surface area contributed by atoms with Crippen LogP contribution in [0.2, 0.25) is 0 Å². The Balaban J connectivity index is 1.89. The minimum Gasteiger partial charge on any atom is -0.314 e. The van der Waals surface area contributed by atoms with Crippen molar-refractivity contribution in [3.8, 4) is 0 Å². The molecule has 0 aromatic carbocycles. The summed E-state index contributed by atoms with van der Waals surface area (Å²) in [4.78, 5) is 4.51. The fraction of sp³-hybridized carbons (Fsp3) is 0.688. The molecule has 2 rings (SSSR count). The number of aromatic nitrogens is 1. The van der Waals surface area contributed by atoms with E-state index in [1.807, 2.05) is 6.20 Å². The van der Waals surface area contributed by atoms with Gasteiger partial charge in [-0.05, 0) is 53.4 Å². The van der Waals surface area contributed by atoms with Gasteiger partial charge in [-0.3, -0.25) is 4.98 Å². The predicted molar refractivity (Wildman–Crippen MR) is 84.3 cm³/mol. The van der Waals surface area contributed by atoms with E-state index < -0.39 is 0 Å². The zero-order valence-corrected chi connectivity index (χ0v) is 13.5. The molecule has 3 heteroatoms. The van der Waals surface area contributed by atoms with Crippen LogP contribution in [0.25, 0.3) is 0 Å². The zero-order valence-electron chi connectivity index (χ0n) is 11.9. The molecule has 0 amide bonds. The quantitative estimate of drug-likeness (QED) is 0.807. The highest BCUT2D eigenvalue weighted by molar-refractivity contribution is 9.10. The van der Waals surface area contributed by atoms with Crippen LogP contribution in [0, 0.1) is 5.92 Å². The maximum Gasteiger partial charge on any atom is 0.0419 e. The average molecular weight is 325 g/mol. The maximum atomic E-state index is 4.51.